The zero-order chi connectivity index (χ0) is 15.0. The average molecular weight is 276 g/mol. The number of hydrogen-bond donors (Lipinski definition) is 0. The highest BCUT2D eigenvalue weighted by Gasteiger charge is 2.08. The molecule has 20 heavy (non-hydrogen) atoms. The summed E-state index contributed by atoms with van der Waals surface area (Å²) in [6.45, 7) is 13.8. The molecule has 0 bridgehead atoms. The third-order valence-electron chi connectivity index (χ3n) is 2.79. The van der Waals surface area contributed by atoms with Crippen LogP contribution < -0.4 is 9.47 Å². The number of allylic oxidation sites excluding steroid dienone is 1. The summed E-state index contributed by atoms with van der Waals surface area (Å²) in [7, 11) is 0. The van der Waals surface area contributed by atoms with Crippen LogP contribution in [0, 0.1) is 11.8 Å². The van der Waals surface area contributed by atoms with Gasteiger partial charge in [-0.1, -0.05) is 39.8 Å². The SMILES string of the molecule is C=CCCc1ccc(OCC(C)C)c(OCC(C)C)c1. The Kier molecular flexibility index (Phi) is 7.21. The lowest BCUT2D eigenvalue weighted by atomic mass is 10.1. The predicted octanol–water partition coefficient (Wildman–Crippen LogP) is 4.87. The Hall–Kier alpha value is -1.44. The summed E-state index contributed by atoms with van der Waals surface area (Å²) in [4.78, 5) is 0. The van der Waals surface area contributed by atoms with Crippen LogP contribution >= 0.6 is 0 Å². The highest BCUT2D eigenvalue weighted by molar-refractivity contribution is 5.43. The molecule has 0 aliphatic carbocycles. The molecule has 0 aliphatic rings. The summed E-state index contributed by atoms with van der Waals surface area (Å²) >= 11 is 0. The van der Waals surface area contributed by atoms with Crippen LogP contribution in [0.1, 0.15) is 39.7 Å². The van der Waals surface area contributed by atoms with Crippen molar-refractivity contribution in [3.8, 4) is 11.5 Å². The number of ether oxygens (including phenoxy) is 2. The molecule has 0 fully saturated rings. The Morgan fingerprint density at radius 2 is 1.60 bits per heavy atom. The van der Waals surface area contributed by atoms with Gasteiger partial charge < -0.3 is 9.47 Å². The van der Waals surface area contributed by atoms with E-state index < -0.39 is 0 Å². The second-order valence-corrected chi connectivity index (χ2v) is 6.02. The second-order valence-electron chi connectivity index (χ2n) is 6.02. The fraction of sp³-hybridized carbons (Fsp3) is 0.556. The van der Waals surface area contributed by atoms with Crippen LogP contribution in [-0.4, -0.2) is 13.2 Å². The topological polar surface area (TPSA) is 18.5 Å². The number of benzene rings is 1. The molecule has 1 rings (SSSR count). The van der Waals surface area contributed by atoms with Gasteiger partial charge in [0.1, 0.15) is 0 Å². The van der Waals surface area contributed by atoms with E-state index in [0.29, 0.717) is 25.0 Å². The van der Waals surface area contributed by atoms with E-state index in [-0.39, 0.29) is 0 Å². The van der Waals surface area contributed by atoms with Crippen LogP contribution in [0.4, 0.5) is 0 Å². The fourth-order valence-electron chi connectivity index (χ4n) is 1.72. The molecule has 0 amide bonds. The lowest BCUT2D eigenvalue weighted by molar-refractivity contribution is 0.229. The van der Waals surface area contributed by atoms with Crippen LogP contribution in [-0.2, 0) is 6.42 Å². The molecular formula is C18H28O2. The summed E-state index contributed by atoms with van der Waals surface area (Å²) < 4.78 is 11.7. The molecule has 0 saturated carbocycles. The van der Waals surface area contributed by atoms with Crippen molar-refractivity contribution in [3.63, 3.8) is 0 Å². The highest BCUT2D eigenvalue weighted by Crippen LogP contribution is 2.29. The van der Waals surface area contributed by atoms with Crippen molar-refractivity contribution in [2.45, 2.75) is 40.5 Å². The van der Waals surface area contributed by atoms with Gasteiger partial charge in [0.2, 0.25) is 0 Å². The van der Waals surface area contributed by atoms with Gasteiger partial charge in [0, 0.05) is 0 Å². The van der Waals surface area contributed by atoms with Crippen molar-refractivity contribution in [2.75, 3.05) is 13.2 Å². The summed E-state index contributed by atoms with van der Waals surface area (Å²) in [5, 5.41) is 0. The zero-order valence-corrected chi connectivity index (χ0v) is 13.3. The lowest BCUT2D eigenvalue weighted by Gasteiger charge is -2.16. The summed E-state index contributed by atoms with van der Waals surface area (Å²) in [6, 6.07) is 6.24. The molecule has 0 heterocycles. The Bertz CT molecular complexity index is 408. The monoisotopic (exact) mass is 276 g/mol. The van der Waals surface area contributed by atoms with E-state index in [1.807, 2.05) is 12.1 Å². The van der Waals surface area contributed by atoms with Gasteiger partial charge in [0.25, 0.3) is 0 Å². The molecule has 0 radical (unpaired) electrons. The van der Waals surface area contributed by atoms with Crippen LogP contribution in [0.2, 0.25) is 0 Å². The third kappa shape index (κ3) is 6.14. The van der Waals surface area contributed by atoms with Crippen molar-refractivity contribution in [1.29, 1.82) is 0 Å². The number of hydrogen-bond acceptors (Lipinski definition) is 2. The van der Waals surface area contributed by atoms with Crippen molar-refractivity contribution < 1.29 is 9.47 Å². The Balaban J connectivity index is 2.81. The first kappa shape index (κ1) is 16.6. The minimum absolute atomic E-state index is 0.504. The minimum atomic E-state index is 0.504. The normalized spacial score (nSPS) is 10.9. The molecule has 0 unspecified atom stereocenters. The zero-order valence-electron chi connectivity index (χ0n) is 13.3. The highest BCUT2D eigenvalue weighted by atomic mass is 16.5. The largest absolute Gasteiger partial charge is 0.489 e. The maximum Gasteiger partial charge on any atom is 0.161 e. The summed E-state index contributed by atoms with van der Waals surface area (Å²) in [5.74, 6) is 2.72. The number of rotatable bonds is 9. The molecule has 2 heteroatoms. The van der Waals surface area contributed by atoms with Crippen molar-refractivity contribution in [1.82, 2.24) is 0 Å². The minimum Gasteiger partial charge on any atom is -0.489 e. The van der Waals surface area contributed by atoms with E-state index >= 15 is 0 Å². The van der Waals surface area contributed by atoms with Crippen molar-refractivity contribution in [2.24, 2.45) is 11.8 Å². The average Bonchev–Trinajstić information content (AvgIpc) is 2.41. The lowest BCUT2D eigenvalue weighted by Crippen LogP contribution is -2.09. The first-order valence-electron chi connectivity index (χ1n) is 7.52. The van der Waals surface area contributed by atoms with E-state index in [9.17, 15) is 0 Å². The van der Waals surface area contributed by atoms with E-state index in [1.54, 1.807) is 0 Å². The van der Waals surface area contributed by atoms with Gasteiger partial charge in [-0.05, 0) is 42.4 Å². The Morgan fingerprint density at radius 1 is 1.00 bits per heavy atom. The first-order chi connectivity index (χ1) is 9.52. The van der Waals surface area contributed by atoms with Crippen molar-refractivity contribution in [3.05, 3.63) is 36.4 Å². The Morgan fingerprint density at radius 3 is 2.15 bits per heavy atom. The van der Waals surface area contributed by atoms with Crippen LogP contribution in [0.3, 0.4) is 0 Å². The van der Waals surface area contributed by atoms with E-state index in [1.165, 1.54) is 5.56 Å². The van der Waals surface area contributed by atoms with Gasteiger partial charge in [-0.15, -0.1) is 6.58 Å². The molecule has 0 saturated heterocycles. The van der Waals surface area contributed by atoms with Crippen molar-refractivity contribution >= 4 is 0 Å². The van der Waals surface area contributed by atoms with E-state index in [2.05, 4.69) is 46.4 Å². The van der Waals surface area contributed by atoms with Gasteiger partial charge in [-0.25, -0.2) is 0 Å². The predicted molar refractivity (Wildman–Crippen MR) is 85.6 cm³/mol. The third-order valence-corrected chi connectivity index (χ3v) is 2.79. The molecule has 0 N–H and O–H groups in total. The summed E-state index contributed by atoms with van der Waals surface area (Å²) in [6.07, 6.45) is 3.92. The van der Waals surface area contributed by atoms with Crippen LogP contribution in [0.15, 0.2) is 30.9 Å². The maximum absolute atomic E-state index is 5.90. The molecule has 1 aromatic carbocycles. The van der Waals surface area contributed by atoms with Crippen LogP contribution in [0.5, 0.6) is 11.5 Å². The molecule has 0 spiro atoms. The Labute approximate surface area is 123 Å². The van der Waals surface area contributed by atoms with Gasteiger partial charge >= 0.3 is 0 Å². The molecule has 0 atom stereocenters. The maximum atomic E-state index is 5.90. The first-order valence-corrected chi connectivity index (χ1v) is 7.52. The second kappa shape index (κ2) is 8.68. The molecule has 0 aliphatic heterocycles. The number of aryl methyl sites for hydroxylation is 1. The molecule has 0 aromatic heterocycles. The van der Waals surface area contributed by atoms with E-state index in [0.717, 1.165) is 24.3 Å². The standard InChI is InChI=1S/C18H28O2/c1-6-7-8-16-9-10-17(19-12-14(2)3)18(11-16)20-13-15(4)5/h6,9-11,14-15H,1,7-8,12-13H2,2-5H3. The van der Waals surface area contributed by atoms with Gasteiger partial charge in [-0.3, -0.25) is 0 Å². The van der Waals surface area contributed by atoms with Gasteiger partial charge in [0.15, 0.2) is 11.5 Å². The summed E-state index contributed by atoms with van der Waals surface area (Å²) in [5.41, 5.74) is 1.26. The van der Waals surface area contributed by atoms with Gasteiger partial charge in [-0.2, -0.15) is 0 Å². The molecule has 1 aromatic rings. The molecule has 2 nitrogen and oxygen atoms in total. The molecular weight excluding hydrogens is 248 g/mol. The van der Waals surface area contributed by atoms with E-state index in [4.69, 9.17) is 9.47 Å². The smallest absolute Gasteiger partial charge is 0.161 e. The van der Waals surface area contributed by atoms with Gasteiger partial charge in [0.05, 0.1) is 13.2 Å². The molecule has 112 valence electrons. The van der Waals surface area contributed by atoms with Crippen LogP contribution in [0.25, 0.3) is 0 Å². The fourth-order valence-corrected chi connectivity index (χ4v) is 1.72. The quantitative estimate of drug-likeness (QED) is 0.599.